The van der Waals surface area contributed by atoms with Crippen LogP contribution < -0.4 is 10.5 Å². The highest BCUT2D eigenvalue weighted by atomic mass is 32.2. The molecule has 9 heteroatoms. The third-order valence-corrected chi connectivity index (χ3v) is 5.83. The predicted molar refractivity (Wildman–Crippen MR) is 104 cm³/mol. The van der Waals surface area contributed by atoms with Crippen LogP contribution in [0.2, 0.25) is 0 Å². The third kappa shape index (κ3) is 6.95. The van der Waals surface area contributed by atoms with Crippen molar-refractivity contribution in [1.82, 2.24) is 10.1 Å². The molecule has 0 aliphatic carbocycles. The lowest BCUT2D eigenvalue weighted by Crippen LogP contribution is -2.35. The summed E-state index contributed by atoms with van der Waals surface area (Å²) in [6.07, 6.45) is 5.70. The average molecular weight is 410 g/mol. The minimum absolute atomic E-state index is 0.150. The highest BCUT2D eigenvalue weighted by Crippen LogP contribution is 2.17. The number of nitrogens with two attached hydrogens (primary N) is 1. The Bertz CT molecular complexity index is 862. The van der Waals surface area contributed by atoms with Gasteiger partial charge in [-0.15, -0.1) is 0 Å². The van der Waals surface area contributed by atoms with Crippen molar-refractivity contribution < 1.29 is 22.5 Å². The molecular weight excluding hydrogens is 382 g/mol. The Morgan fingerprint density at radius 1 is 1.21 bits per heavy atom. The zero-order chi connectivity index (χ0) is 20.6. The first kappa shape index (κ1) is 21.9. The number of carbonyl (C=O) groups is 1. The van der Waals surface area contributed by atoms with Gasteiger partial charge in [0.25, 0.3) is 5.89 Å². The fraction of sp³-hybridized carbons (Fsp3) is 0.526. The van der Waals surface area contributed by atoms with Gasteiger partial charge in [0.2, 0.25) is 5.91 Å². The van der Waals surface area contributed by atoms with Crippen LogP contribution in [0.4, 0.5) is 0 Å². The molecule has 2 N–H and O–H groups in total. The number of amides is 1. The number of hydrogen-bond donors (Lipinski definition) is 1. The molecule has 0 saturated carbocycles. The topological polar surface area (TPSA) is 125 Å². The number of aromatic nitrogens is 2. The van der Waals surface area contributed by atoms with E-state index in [1.54, 1.807) is 12.1 Å². The molecular formula is C19H27N3O5S. The summed E-state index contributed by atoms with van der Waals surface area (Å²) in [4.78, 5) is 15.6. The molecule has 0 aliphatic heterocycles. The second kappa shape index (κ2) is 10.2. The van der Waals surface area contributed by atoms with Gasteiger partial charge in [0.05, 0.1) is 0 Å². The smallest absolute Gasteiger partial charge is 0.264 e. The van der Waals surface area contributed by atoms with Crippen molar-refractivity contribution in [3.8, 4) is 5.75 Å². The number of unbranched alkanes of at least 4 members (excludes halogenated alkanes) is 2. The van der Waals surface area contributed by atoms with Gasteiger partial charge in [0.15, 0.2) is 22.3 Å². The van der Waals surface area contributed by atoms with Gasteiger partial charge < -0.3 is 15.0 Å². The Labute approximate surface area is 165 Å². The van der Waals surface area contributed by atoms with Gasteiger partial charge in [-0.1, -0.05) is 37.1 Å². The Kier molecular flexibility index (Phi) is 7.98. The summed E-state index contributed by atoms with van der Waals surface area (Å²) in [6, 6.07) is 7.18. The van der Waals surface area contributed by atoms with E-state index in [2.05, 4.69) is 17.1 Å². The maximum Gasteiger partial charge on any atom is 0.264 e. The number of ether oxygens (including phenoxy) is 1. The lowest BCUT2D eigenvalue weighted by molar-refractivity contribution is -0.117. The van der Waals surface area contributed by atoms with Crippen LogP contribution in [0.25, 0.3) is 0 Å². The van der Waals surface area contributed by atoms with Crippen molar-refractivity contribution in [2.45, 2.75) is 57.3 Å². The summed E-state index contributed by atoms with van der Waals surface area (Å²) in [5.41, 5.74) is 6.07. The fourth-order valence-electron chi connectivity index (χ4n) is 2.75. The molecule has 0 fully saturated rings. The van der Waals surface area contributed by atoms with Crippen molar-refractivity contribution in [2.24, 2.45) is 5.73 Å². The van der Waals surface area contributed by atoms with Crippen molar-refractivity contribution in [3.63, 3.8) is 0 Å². The quantitative estimate of drug-likeness (QED) is 0.533. The third-order valence-electron chi connectivity index (χ3n) is 4.33. The van der Waals surface area contributed by atoms with E-state index in [0.717, 1.165) is 37.5 Å². The number of carbonyl (C=O) groups excluding carboxylic acids is 1. The highest BCUT2D eigenvalue weighted by molar-refractivity contribution is 7.92. The Hall–Kier alpha value is -2.42. The maximum absolute atomic E-state index is 11.6. The zero-order valence-corrected chi connectivity index (χ0v) is 17.1. The summed E-state index contributed by atoms with van der Waals surface area (Å²) in [6.45, 7) is 2.32. The van der Waals surface area contributed by atoms with Crippen molar-refractivity contribution in [3.05, 3.63) is 41.5 Å². The van der Waals surface area contributed by atoms with E-state index < -0.39 is 21.0 Å². The minimum Gasteiger partial charge on any atom is -0.484 e. The largest absolute Gasteiger partial charge is 0.484 e. The molecule has 1 unspecified atom stereocenters. The molecule has 2 rings (SSSR count). The van der Waals surface area contributed by atoms with Crippen LogP contribution in [0.5, 0.6) is 5.75 Å². The molecule has 0 radical (unpaired) electrons. The van der Waals surface area contributed by atoms with E-state index >= 15 is 0 Å². The Morgan fingerprint density at radius 3 is 2.54 bits per heavy atom. The second-order valence-electron chi connectivity index (χ2n) is 6.75. The van der Waals surface area contributed by atoms with Gasteiger partial charge in [-0.2, -0.15) is 4.98 Å². The average Bonchev–Trinajstić information content (AvgIpc) is 3.08. The molecule has 0 saturated heterocycles. The van der Waals surface area contributed by atoms with Crippen molar-refractivity contribution >= 4 is 15.7 Å². The molecule has 0 aliphatic rings. The summed E-state index contributed by atoms with van der Waals surface area (Å²) < 4.78 is 34.0. The normalized spacial score (nSPS) is 12.6. The SMILES string of the molecule is CCCCCc1noc(COc2ccc(CCC(C(N)=O)S(C)(=O)=O)cc2)n1. The number of aryl methyl sites for hydroxylation is 2. The zero-order valence-electron chi connectivity index (χ0n) is 16.3. The number of primary amides is 1. The molecule has 154 valence electrons. The van der Waals surface area contributed by atoms with E-state index in [1.807, 2.05) is 12.1 Å². The standard InChI is InChI=1S/C19H27N3O5S/c1-3-4-5-6-17-21-18(27-22-17)13-26-15-10-7-14(8-11-15)9-12-16(19(20)23)28(2,24)25/h7-8,10-11,16H,3-6,9,12-13H2,1-2H3,(H2,20,23). The fourth-order valence-corrected chi connectivity index (χ4v) is 3.71. The maximum atomic E-state index is 11.6. The lowest BCUT2D eigenvalue weighted by atomic mass is 10.1. The summed E-state index contributed by atoms with van der Waals surface area (Å²) >= 11 is 0. The van der Waals surface area contributed by atoms with E-state index in [-0.39, 0.29) is 13.0 Å². The van der Waals surface area contributed by atoms with Crippen LogP contribution in [0.15, 0.2) is 28.8 Å². The van der Waals surface area contributed by atoms with Crippen LogP contribution in [-0.2, 0) is 34.1 Å². The first-order valence-corrected chi connectivity index (χ1v) is 11.3. The molecule has 1 aromatic heterocycles. The second-order valence-corrected chi connectivity index (χ2v) is 8.98. The Morgan fingerprint density at radius 2 is 1.93 bits per heavy atom. The van der Waals surface area contributed by atoms with Gasteiger partial charge in [0.1, 0.15) is 11.0 Å². The highest BCUT2D eigenvalue weighted by Gasteiger charge is 2.26. The number of hydrogen-bond acceptors (Lipinski definition) is 7. The lowest BCUT2D eigenvalue weighted by Gasteiger charge is -2.11. The monoisotopic (exact) mass is 409 g/mol. The van der Waals surface area contributed by atoms with Gasteiger partial charge >= 0.3 is 0 Å². The molecule has 28 heavy (non-hydrogen) atoms. The van der Waals surface area contributed by atoms with Crippen LogP contribution in [0.3, 0.4) is 0 Å². The summed E-state index contributed by atoms with van der Waals surface area (Å²) in [7, 11) is -3.51. The first-order chi connectivity index (χ1) is 13.3. The van der Waals surface area contributed by atoms with Gasteiger partial charge in [-0.3, -0.25) is 4.79 Å². The van der Waals surface area contributed by atoms with E-state index in [1.165, 1.54) is 0 Å². The Balaban J connectivity index is 1.83. The molecule has 2 aromatic rings. The molecule has 8 nitrogen and oxygen atoms in total. The van der Waals surface area contributed by atoms with E-state index in [4.69, 9.17) is 15.0 Å². The molecule has 0 spiro atoms. The van der Waals surface area contributed by atoms with E-state index in [0.29, 0.717) is 23.9 Å². The van der Waals surface area contributed by atoms with E-state index in [9.17, 15) is 13.2 Å². The predicted octanol–water partition coefficient (Wildman–Crippen LogP) is 2.21. The van der Waals surface area contributed by atoms with Crippen LogP contribution >= 0.6 is 0 Å². The van der Waals surface area contributed by atoms with Crippen LogP contribution in [-0.4, -0.2) is 36.0 Å². The van der Waals surface area contributed by atoms with Gasteiger partial charge in [-0.25, -0.2) is 8.42 Å². The van der Waals surface area contributed by atoms with Crippen molar-refractivity contribution in [1.29, 1.82) is 0 Å². The van der Waals surface area contributed by atoms with Crippen LogP contribution in [0, 0.1) is 0 Å². The van der Waals surface area contributed by atoms with Crippen LogP contribution in [0.1, 0.15) is 49.9 Å². The van der Waals surface area contributed by atoms with Gasteiger partial charge in [-0.05, 0) is 37.0 Å². The first-order valence-electron chi connectivity index (χ1n) is 9.31. The number of sulfone groups is 1. The minimum atomic E-state index is -3.51. The number of nitrogens with zero attached hydrogens (tertiary/aromatic N) is 2. The molecule has 1 aromatic carbocycles. The molecule has 1 atom stereocenters. The summed E-state index contributed by atoms with van der Waals surface area (Å²) in [5.74, 6) is 0.922. The molecule has 1 heterocycles. The van der Waals surface area contributed by atoms with Gasteiger partial charge in [0, 0.05) is 12.7 Å². The molecule has 1 amide bonds. The summed E-state index contributed by atoms with van der Waals surface area (Å²) in [5, 5.41) is 2.76. The number of rotatable bonds is 12. The van der Waals surface area contributed by atoms with Crippen molar-refractivity contribution in [2.75, 3.05) is 6.26 Å². The number of benzene rings is 1. The molecule has 0 bridgehead atoms.